The fraction of sp³-hybridized carbons (Fsp3) is 0.481. The van der Waals surface area contributed by atoms with E-state index < -0.39 is 0 Å². The van der Waals surface area contributed by atoms with Crippen LogP contribution in [0.15, 0.2) is 65.0 Å². The van der Waals surface area contributed by atoms with Crippen LogP contribution in [-0.2, 0) is 11.3 Å². The Morgan fingerprint density at radius 1 is 1.29 bits per heavy atom. The molecule has 5 rings (SSSR count). The van der Waals surface area contributed by atoms with Gasteiger partial charge in [0.15, 0.2) is 0 Å². The molecule has 1 aromatic rings. The Labute approximate surface area is 202 Å². The maximum atomic E-state index is 13.8. The second-order valence-electron chi connectivity index (χ2n) is 10.2. The number of nitrogens with zero attached hydrogens (tertiary/aromatic N) is 4. The van der Waals surface area contributed by atoms with E-state index in [1.807, 2.05) is 36.1 Å². The van der Waals surface area contributed by atoms with Crippen molar-refractivity contribution in [3.63, 3.8) is 0 Å². The van der Waals surface area contributed by atoms with E-state index in [0.717, 1.165) is 54.6 Å². The maximum absolute atomic E-state index is 13.8. The highest BCUT2D eigenvalue weighted by atomic mass is 16.5. The number of carbonyl (C=O) groups is 1. The van der Waals surface area contributed by atoms with Gasteiger partial charge in [-0.15, -0.1) is 0 Å². The van der Waals surface area contributed by atoms with E-state index in [0.29, 0.717) is 30.3 Å². The quantitative estimate of drug-likeness (QED) is 0.640. The molecule has 4 heterocycles. The number of rotatable bonds is 6. The van der Waals surface area contributed by atoms with Crippen molar-refractivity contribution in [2.45, 2.75) is 33.4 Å². The molecule has 7 heteroatoms. The zero-order chi connectivity index (χ0) is 24.0. The van der Waals surface area contributed by atoms with Crippen molar-refractivity contribution in [2.75, 3.05) is 40.0 Å². The fourth-order valence-corrected chi connectivity index (χ4v) is 5.08. The van der Waals surface area contributed by atoms with Crippen molar-refractivity contribution >= 4 is 11.9 Å². The molecule has 180 valence electrons. The number of hydrogen-bond acceptors (Lipinski definition) is 5. The predicted octanol–water partition coefficient (Wildman–Crippen LogP) is 4.05. The van der Waals surface area contributed by atoms with Gasteiger partial charge in [0.2, 0.25) is 0 Å². The summed E-state index contributed by atoms with van der Waals surface area (Å²) in [6.45, 7) is 15.5. The minimum atomic E-state index is -0.0423. The number of methoxy groups -OCH3 is 1. The number of fused-ring (bicyclic) bond motifs is 1. The number of aliphatic imine (C=N–C) groups is 1. The van der Waals surface area contributed by atoms with Crippen LogP contribution in [0.5, 0.6) is 5.75 Å². The highest BCUT2D eigenvalue weighted by molar-refractivity contribution is 6.14. The number of ether oxygens (including phenoxy) is 2. The molecule has 0 radical (unpaired) electrons. The van der Waals surface area contributed by atoms with Crippen LogP contribution < -0.4 is 4.74 Å². The molecular weight excluding hydrogens is 428 g/mol. The molecule has 1 unspecified atom stereocenters. The summed E-state index contributed by atoms with van der Waals surface area (Å²) in [5.74, 6) is 1.86. The molecule has 0 N–H and O–H groups in total. The molecule has 3 saturated heterocycles. The lowest BCUT2D eigenvalue weighted by Gasteiger charge is -2.56. The number of urea groups is 1. The van der Waals surface area contributed by atoms with Crippen LogP contribution in [0.4, 0.5) is 4.79 Å². The molecule has 0 aromatic heterocycles. The first-order chi connectivity index (χ1) is 16.3. The zero-order valence-electron chi connectivity index (χ0n) is 20.6. The number of amides is 2. The van der Waals surface area contributed by atoms with Crippen molar-refractivity contribution in [2.24, 2.45) is 16.3 Å². The van der Waals surface area contributed by atoms with Gasteiger partial charge in [0.05, 0.1) is 50.6 Å². The lowest BCUT2D eigenvalue weighted by atomic mass is 9.77. The van der Waals surface area contributed by atoms with Gasteiger partial charge < -0.3 is 14.4 Å². The number of carbonyl (C=O) groups excluding carboxylic acids is 1. The molecule has 0 bridgehead atoms. The van der Waals surface area contributed by atoms with Crippen molar-refractivity contribution in [3.05, 3.63) is 65.5 Å². The Hall–Kier alpha value is -3.06. The number of likely N-dealkylation sites (tertiary alicyclic amines) is 1. The maximum Gasteiger partial charge on any atom is 0.330 e. The van der Waals surface area contributed by atoms with Crippen LogP contribution in [0, 0.1) is 11.3 Å². The first kappa shape index (κ1) is 22.7. The number of allylic oxidation sites excluding steroid dienone is 2. The Bertz CT molecular complexity index is 1070. The fourth-order valence-electron chi connectivity index (χ4n) is 5.08. The van der Waals surface area contributed by atoms with Crippen LogP contribution in [0.2, 0.25) is 0 Å². The molecule has 1 spiro atoms. The van der Waals surface area contributed by atoms with Gasteiger partial charge in [0.1, 0.15) is 11.6 Å². The second-order valence-corrected chi connectivity index (χ2v) is 10.2. The third kappa shape index (κ3) is 3.82. The van der Waals surface area contributed by atoms with Crippen molar-refractivity contribution in [1.82, 2.24) is 14.7 Å². The SMILES string of the molecule is C=C1C2=NC(C(C)C)CN2C(=O)N(Cc2ccc(OC)cc2)/C1=C/C(=C\C)N1CC2(COC2)C1. The summed E-state index contributed by atoms with van der Waals surface area (Å²) in [5, 5.41) is 0. The van der Waals surface area contributed by atoms with E-state index in [4.69, 9.17) is 14.5 Å². The van der Waals surface area contributed by atoms with Gasteiger partial charge in [-0.1, -0.05) is 38.6 Å². The van der Waals surface area contributed by atoms with Gasteiger partial charge in [0.25, 0.3) is 0 Å². The summed E-state index contributed by atoms with van der Waals surface area (Å²) in [6.07, 6.45) is 4.22. The molecule has 4 aliphatic heterocycles. The van der Waals surface area contributed by atoms with E-state index in [1.54, 1.807) is 12.0 Å². The minimum Gasteiger partial charge on any atom is -0.497 e. The van der Waals surface area contributed by atoms with Crippen LogP contribution in [0.3, 0.4) is 0 Å². The van der Waals surface area contributed by atoms with Crippen LogP contribution in [-0.4, -0.2) is 72.6 Å². The van der Waals surface area contributed by atoms with Crippen LogP contribution >= 0.6 is 0 Å². The molecule has 1 aromatic carbocycles. The largest absolute Gasteiger partial charge is 0.497 e. The van der Waals surface area contributed by atoms with Gasteiger partial charge in [0, 0.05) is 24.4 Å². The van der Waals surface area contributed by atoms with Gasteiger partial charge in [-0.3, -0.25) is 14.8 Å². The normalized spacial score (nSPS) is 25.0. The lowest BCUT2D eigenvalue weighted by molar-refractivity contribution is -0.179. The molecule has 1 atom stereocenters. The molecule has 4 aliphatic rings. The van der Waals surface area contributed by atoms with Gasteiger partial charge in [-0.25, -0.2) is 4.79 Å². The molecule has 2 amide bonds. The first-order valence-electron chi connectivity index (χ1n) is 12.0. The highest BCUT2D eigenvalue weighted by Crippen LogP contribution is 2.41. The van der Waals surface area contributed by atoms with Gasteiger partial charge in [-0.05, 0) is 36.6 Å². The molecule has 34 heavy (non-hydrogen) atoms. The molecular formula is C27H34N4O3. The highest BCUT2D eigenvalue weighted by Gasteiger charge is 2.49. The summed E-state index contributed by atoms with van der Waals surface area (Å²) < 4.78 is 10.7. The second kappa shape index (κ2) is 8.62. The van der Waals surface area contributed by atoms with Crippen molar-refractivity contribution in [3.8, 4) is 5.75 Å². The van der Waals surface area contributed by atoms with E-state index >= 15 is 0 Å². The van der Waals surface area contributed by atoms with Gasteiger partial charge in [-0.2, -0.15) is 0 Å². The summed E-state index contributed by atoms with van der Waals surface area (Å²) >= 11 is 0. The van der Waals surface area contributed by atoms with E-state index in [-0.39, 0.29) is 12.1 Å². The summed E-state index contributed by atoms with van der Waals surface area (Å²) in [7, 11) is 1.65. The minimum absolute atomic E-state index is 0.0423. The zero-order valence-corrected chi connectivity index (χ0v) is 20.6. The number of benzene rings is 1. The average molecular weight is 463 g/mol. The van der Waals surface area contributed by atoms with Crippen molar-refractivity contribution in [1.29, 1.82) is 0 Å². The average Bonchev–Trinajstić information content (AvgIpc) is 3.23. The third-order valence-electron chi connectivity index (χ3n) is 7.33. The van der Waals surface area contributed by atoms with Crippen LogP contribution in [0.25, 0.3) is 0 Å². The molecule has 0 saturated carbocycles. The van der Waals surface area contributed by atoms with E-state index in [9.17, 15) is 4.79 Å². The Morgan fingerprint density at radius 3 is 2.56 bits per heavy atom. The topological polar surface area (TPSA) is 57.6 Å². The smallest absolute Gasteiger partial charge is 0.330 e. The lowest BCUT2D eigenvalue weighted by Crippen LogP contribution is -2.65. The standard InChI is InChI=1S/C27H34N4O3/c1-6-21(29-14-27(15-29)16-34-17-27)11-24-19(4)25-28-23(18(2)3)13-31(25)26(32)30(24)12-20-7-9-22(33-5)10-8-20/h6-11,18,23H,4,12-17H2,1-3,5H3/b21-6+,24-11+. The summed E-state index contributed by atoms with van der Waals surface area (Å²) in [5.41, 5.74) is 4.07. The Morgan fingerprint density at radius 2 is 2.00 bits per heavy atom. The van der Waals surface area contributed by atoms with E-state index in [1.165, 1.54) is 0 Å². The predicted molar refractivity (Wildman–Crippen MR) is 133 cm³/mol. The van der Waals surface area contributed by atoms with Crippen molar-refractivity contribution < 1.29 is 14.3 Å². The Balaban J connectivity index is 1.47. The van der Waals surface area contributed by atoms with Gasteiger partial charge >= 0.3 is 6.03 Å². The monoisotopic (exact) mass is 462 g/mol. The summed E-state index contributed by atoms with van der Waals surface area (Å²) in [6, 6.07) is 7.91. The van der Waals surface area contributed by atoms with E-state index in [2.05, 4.69) is 37.5 Å². The molecule has 7 nitrogen and oxygen atoms in total. The molecule has 0 aliphatic carbocycles. The molecule has 3 fully saturated rings. The number of hydrogen-bond donors (Lipinski definition) is 0. The third-order valence-corrected chi connectivity index (χ3v) is 7.33. The Kier molecular flexibility index (Phi) is 5.76. The van der Waals surface area contributed by atoms with Crippen LogP contribution in [0.1, 0.15) is 26.3 Å². The summed E-state index contributed by atoms with van der Waals surface area (Å²) in [4.78, 5) is 24.7. The number of amidine groups is 1. The first-order valence-corrected chi connectivity index (χ1v) is 12.0.